The third kappa shape index (κ3) is 6.34. The fourth-order valence-corrected chi connectivity index (χ4v) is 2.70. The summed E-state index contributed by atoms with van der Waals surface area (Å²) < 4.78 is 5.39. The van der Waals surface area contributed by atoms with Crippen LogP contribution < -0.4 is 10.2 Å². The van der Waals surface area contributed by atoms with E-state index in [0.29, 0.717) is 10.6 Å². The second-order valence-electron chi connectivity index (χ2n) is 5.29. The largest absolute Gasteiger partial charge is 0.484 e. The maximum absolute atomic E-state index is 11.7. The summed E-state index contributed by atoms with van der Waals surface area (Å²) in [4.78, 5) is 22.3. The fourth-order valence-electron chi connectivity index (χ4n) is 1.99. The standard InChI is InChI=1S/C17H19N3O4S/c1-2-3-4-13-5-7-15(8-6-13)24-11-17(21)19-18-10-16-9-14(12-25-16)20(22)23/h5-10,12H,2-4,11H2,1H3,(H,19,21)/b18-10-. The van der Waals surface area contributed by atoms with Crippen molar-refractivity contribution in [1.29, 1.82) is 0 Å². The number of hydrazone groups is 1. The average molecular weight is 361 g/mol. The number of rotatable bonds is 9. The molecule has 25 heavy (non-hydrogen) atoms. The van der Waals surface area contributed by atoms with Crippen LogP contribution in [0, 0.1) is 10.1 Å². The van der Waals surface area contributed by atoms with Crippen LogP contribution in [0.3, 0.4) is 0 Å². The van der Waals surface area contributed by atoms with Crippen LogP contribution in [0.4, 0.5) is 5.69 Å². The maximum atomic E-state index is 11.7. The maximum Gasteiger partial charge on any atom is 0.280 e. The molecule has 1 N–H and O–H groups in total. The van der Waals surface area contributed by atoms with E-state index in [-0.39, 0.29) is 12.3 Å². The van der Waals surface area contributed by atoms with Crippen molar-refractivity contribution in [2.45, 2.75) is 26.2 Å². The quantitative estimate of drug-likeness (QED) is 0.420. The molecule has 0 fully saturated rings. The monoisotopic (exact) mass is 361 g/mol. The minimum Gasteiger partial charge on any atom is -0.484 e. The lowest BCUT2D eigenvalue weighted by molar-refractivity contribution is -0.384. The van der Waals surface area contributed by atoms with Crippen molar-refractivity contribution in [1.82, 2.24) is 5.43 Å². The van der Waals surface area contributed by atoms with Gasteiger partial charge in [0.05, 0.1) is 21.4 Å². The Morgan fingerprint density at radius 3 is 2.80 bits per heavy atom. The highest BCUT2D eigenvalue weighted by Gasteiger charge is 2.07. The molecule has 0 unspecified atom stereocenters. The van der Waals surface area contributed by atoms with Gasteiger partial charge in [0.1, 0.15) is 5.75 Å². The molecule has 0 atom stereocenters. The Morgan fingerprint density at radius 2 is 2.16 bits per heavy atom. The zero-order valence-electron chi connectivity index (χ0n) is 13.8. The second-order valence-corrected chi connectivity index (χ2v) is 6.24. The molecule has 0 spiro atoms. The topological polar surface area (TPSA) is 93.8 Å². The van der Waals surface area contributed by atoms with Gasteiger partial charge in [0.15, 0.2) is 6.61 Å². The molecule has 0 bridgehead atoms. The smallest absolute Gasteiger partial charge is 0.280 e. The van der Waals surface area contributed by atoms with Crippen molar-refractivity contribution in [3.05, 3.63) is 56.3 Å². The second kappa shape index (κ2) is 9.53. The molecular formula is C17H19N3O4S. The van der Waals surface area contributed by atoms with Crippen molar-refractivity contribution in [2.75, 3.05) is 6.61 Å². The van der Waals surface area contributed by atoms with Gasteiger partial charge in [-0.2, -0.15) is 5.10 Å². The summed E-state index contributed by atoms with van der Waals surface area (Å²) in [6.45, 7) is 1.99. The van der Waals surface area contributed by atoms with Crippen molar-refractivity contribution < 1.29 is 14.5 Å². The van der Waals surface area contributed by atoms with Crippen LogP contribution in [0.25, 0.3) is 0 Å². The third-order valence-electron chi connectivity index (χ3n) is 3.31. The van der Waals surface area contributed by atoms with E-state index in [2.05, 4.69) is 17.5 Å². The van der Waals surface area contributed by atoms with Crippen LogP contribution in [0.5, 0.6) is 5.75 Å². The lowest BCUT2D eigenvalue weighted by Crippen LogP contribution is -2.24. The summed E-state index contributed by atoms with van der Waals surface area (Å²) >= 11 is 1.17. The molecule has 2 aromatic rings. The van der Waals surface area contributed by atoms with E-state index in [0.717, 1.165) is 19.3 Å². The third-order valence-corrected chi connectivity index (χ3v) is 4.16. The van der Waals surface area contributed by atoms with E-state index in [1.54, 1.807) is 0 Å². The zero-order valence-corrected chi connectivity index (χ0v) is 14.6. The lowest BCUT2D eigenvalue weighted by Gasteiger charge is -2.06. The summed E-state index contributed by atoms with van der Waals surface area (Å²) in [5.41, 5.74) is 3.57. The minimum absolute atomic E-state index is 0.00323. The Hall–Kier alpha value is -2.74. The summed E-state index contributed by atoms with van der Waals surface area (Å²) in [7, 11) is 0. The van der Waals surface area contributed by atoms with Gasteiger partial charge in [-0.05, 0) is 30.5 Å². The lowest BCUT2D eigenvalue weighted by atomic mass is 10.1. The van der Waals surface area contributed by atoms with Crippen LogP contribution in [0.2, 0.25) is 0 Å². The van der Waals surface area contributed by atoms with E-state index in [4.69, 9.17) is 4.74 Å². The molecule has 0 saturated carbocycles. The number of nitrogens with one attached hydrogen (secondary N) is 1. The number of unbranched alkanes of at least 4 members (excludes halogenated alkanes) is 1. The normalized spacial score (nSPS) is 10.8. The molecule has 132 valence electrons. The summed E-state index contributed by atoms with van der Waals surface area (Å²) in [5, 5.41) is 15.7. The van der Waals surface area contributed by atoms with Gasteiger partial charge < -0.3 is 4.74 Å². The number of carbonyl (C=O) groups excluding carboxylic acids is 1. The molecule has 0 aliphatic heterocycles. The number of carbonyl (C=O) groups is 1. The Bertz CT molecular complexity index is 741. The molecule has 1 amide bonds. The van der Waals surface area contributed by atoms with E-state index in [1.165, 1.54) is 34.6 Å². The number of hydrogen-bond acceptors (Lipinski definition) is 6. The first-order chi connectivity index (χ1) is 12.1. The first kappa shape index (κ1) is 18.6. The SMILES string of the molecule is CCCCc1ccc(OCC(=O)N/N=C\c2cc([N+](=O)[O-])cs2)cc1. The van der Waals surface area contributed by atoms with Crippen LogP contribution in [0.1, 0.15) is 30.2 Å². The van der Waals surface area contributed by atoms with Crippen LogP contribution in [0.15, 0.2) is 40.8 Å². The number of thiophene rings is 1. The molecular weight excluding hydrogens is 342 g/mol. The number of benzene rings is 1. The van der Waals surface area contributed by atoms with Gasteiger partial charge in [-0.15, -0.1) is 11.3 Å². The molecule has 0 aliphatic rings. The van der Waals surface area contributed by atoms with Crippen molar-refractivity contribution >= 4 is 29.1 Å². The molecule has 0 radical (unpaired) electrons. The Balaban J connectivity index is 1.74. The molecule has 0 aliphatic carbocycles. The van der Waals surface area contributed by atoms with Gasteiger partial charge in [0.2, 0.25) is 0 Å². The highest BCUT2D eigenvalue weighted by atomic mass is 32.1. The van der Waals surface area contributed by atoms with E-state index in [9.17, 15) is 14.9 Å². The highest BCUT2D eigenvalue weighted by Crippen LogP contribution is 2.19. The van der Waals surface area contributed by atoms with Crippen LogP contribution in [-0.2, 0) is 11.2 Å². The fraction of sp³-hybridized carbons (Fsp3) is 0.294. The van der Waals surface area contributed by atoms with E-state index >= 15 is 0 Å². The average Bonchev–Trinajstić information content (AvgIpc) is 3.08. The summed E-state index contributed by atoms with van der Waals surface area (Å²) in [6, 6.07) is 9.05. The molecule has 7 nitrogen and oxygen atoms in total. The molecule has 0 saturated heterocycles. The van der Waals surface area contributed by atoms with Crippen molar-refractivity contribution in [2.24, 2.45) is 5.10 Å². The molecule has 1 heterocycles. The van der Waals surface area contributed by atoms with Gasteiger partial charge in [-0.1, -0.05) is 25.5 Å². The molecule has 1 aromatic carbocycles. The summed E-state index contributed by atoms with van der Waals surface area (Å²) in [5.74, 6) is 0.214. The van der Waals surface area contributed by atoms with Gasteiger partial charge >= 0.3 is 0 Å². The first-order valence-corrected chi connectivity index (χ1v) is 8.73. The number of aryl methyl sites for hydroxylation is 1. The molecule has 2 rings (SSSR count). The van der Waals surface area contributed by atoms with E-state index in [1.807, 2.05) is 24.3 Å². The summed E-state index contributed by atoms with van der Waals surface area (Å²) in [6.07, 6.45) is 4.69. The number of amides is 1. The van der Waals surface area contributed by atoms with Crippen molar-refractivity contribution in [3.8, 4) is 5.75 Å². The van der Waals surface area contributed by atoms with E-state index < -0.39 is 10.8 Å². The highest BCUT2D eigenvalue weighted by molar-refractivity contribution is 7.12. The molecule has 1 aromatic heterocycles. The predicted octanol–water partition coefficient (Wildman–Crippen LogP) is 3.53. The molecule has 8 heteroatoms. The van der Waals surface area contributed by atoms with Gasteiger partial charge in [0, 0.05) is 6.07 Å². The Kier molecular flexibility index (Phi) is 7.09. The predicted molar refractivity (Wildman–Crippen MR) is 97.3 cm³/mol. The van der Waals surface area contributed by atoms with Crippen LogP contribution in [-0.4, -0.2) is 23.7 Å². The van der Waals surface area contributed by atoms with Gasteiger partial charge in [0.25, 0.3) is 11.6 Å². The number of hydrogen-bond donors (Lipinski definition) is 1. The van der Waals surface area contributed by atoms with Gasteiger partial charge in [-0.25, -0.2) is 5.43 Å². The van der Waals surface area contributed by atoms with Gasteiger partial charge in [-0.3, -0.25) is 14.9 Å². The Labute approximate surface area is 149 Å². The number of nitro groups is 1. The Morgan fingerprint density at radius 1 is 1.40 bits per heavy atom. The first-order valence-electron chi connectivity index (χ1n) is 7.85. The zero-order chi connectivity index (χ0) is 18.1. The minimum atomic E-state index is -0.478. The van der Waals surface area contributed by atoms with Crippen molar-refractivity contribution in [3.63, 3.8) is 0 Å². The number of nitrogens with zero attached hydrogens (tertiary/aromatic N) is 2. The van der Waals surface area contributed by atoms with Crippen LogP contribution >= 0.6 is 11.3 Å². The number of ether oxygens (including phenoxy) is 1.